The van der Waals surface area contributed by atoms with E-state index in [4.69, 9.17) is 4.74 Å². The number of carbonyl (C=O) groups is 4. The predicted molar refractivity (Wildman–Crippen MR) is 119 cm³/mol. The minimum Gasteiger partial charge on any atom is -0.478 e. The molecule has 33 heavy (non-hydrogen) atoms. The van der Waals surface area contributed by atoms with E-state index in [0.29, 0.717) is 4.90 Å². The van der Waals surface area contributed by atoms with E-state index in [-0.39, 0.29) is 37.7 Å². The van der Waals surface area contributed by atoms with Gasteiger partial charge in [-0.2, -0.15) is 0 Å². The highest BCUT2D eigenvalue weighted by Gasteiger charge is 2.54. The van der Waals surface area contributed by atoms with Gasteiger partial charge in [-0.15, -0.1) is 0 Å². The van der Waals surface area contributed by atoms with Gasteiger partial charge in [-0.3, -0.25) is 14.9 Å². The van der Waals surface area contributed by atoms with Gasteiger partial charge in [0.1, 0.15) is 6.61 Å². The molecule has 8 nitrogen and oxygen atoms in total. The Morgan fingerprint density at radius 3 is 2.03 bits per heavy atom. The summed E-state index contributed by atoms with van der Waals surface area (Å²) in [6, 6.07) is 15.7. The number of likely N-dealkylation sites (tertiary alicyclic amines) is 1. The minimum absolute atomic E-state index is 0.0148. The summed E-state index contributed by atoms with van der Waals surface area (Å²) in [5, 5.41) is 12.4. The summed E-state index contributed by atoms with van der Waals surface area (Å²) >= 11 is 0. The van der Waals surface area contributed by atoms with Crippen molar-refractivity contribution >= 4 is 23.9 Å². The van der Waals surface area contributed by atoms with Crippen LogP contribution in [-0.4, -0.2) is 46.2 Å². The second-order valence-electron chi connectivity index (χ2n) is 8.84. The van der Waals surface area contributed by atoms with Crippen LogP contribution in [0.5, 0.6) is 0 Å². The number of alkyl carbamates (subject to hydrolysis) is 1. The number of fused-ring (bicyclic) bond motifs is 3. The lowest BCUT2D eigenvalue weighted by Crippen LogP contribution is -2.67. The normalized spacial score (nSPS) is 17.0. The van der Waals surface area contributed by atoms with E-state index in [0.717, 1.165) is 22.3 Å². The van der Waals surface area contributed by atoms with E-state index in [1.165, 1.54) is 0 Å². The second-order valence-corrected chi connectivity index (χ2v) is 8.84. The summed E-state index contributed by atoms with van der Waals surface area (Å²) in [6.07, 6.45) is -1.30. The highest BCUT2D eigenvalue weighted by atomic mass is 16.5. The molecule has 2 aromatic rings. The maximum absolute atomic E-state index is 12.8. The zero-order valence-corrected chi connectivity index (χ0v) is 18.5. The van der Waals surface area contributed by atoms with Gasteiger partial charge in [0.05, 0.1) is 0 Å². The summed E-state index contributed by atoms with van der Waals surface area (Å²) in [4.78, 5) is 50.6. The Labute approximate surface area is 191 Å². The van der Waals surface area contributed by atoms with Gasteiger partial charge in [0, 0.05) is 25.2 Å². The summed E-state index contributed by atoms with van der Waals surface area (Å²) in [6.45, 7) is 3.49. The van der Waals surface area contributed by atoms with Crippen molar-refractivity contribution in [1.29, 1.82) is 0 Å². The monoisotopic (exact) mass is 450 g/mol. The quantitative estimate of drug-likeness (QED) is 0.625. The van der Waals surface area contributed by atoms with Crippen molar-refractivity contribution in [3.8, 4) is 11.1 Å². The van der Waals surface area contributed by atoms with Crippen LogP contribution in [0.15, 0.2) is 48.5 Å². The van der Waals surface area contributed by atoms with Crippen LogP contribution in [0.4, 0.5) is 4.79 Å². The van der Waals surface area contributed by atoms with Crippen LogP contribution in [0.1, 0.15) is 50.2 Å². The van der Waals surface area contributed by atoms with Gasteiger partial charge in [0.2, 0.25) is 17.5 Å². The number of nitrogens with one attached hydrogen (secondary N) is 1. The molecule has 1 atom stereocenters. The van der Waals surface area contributed by atoms with Crippen molar-refractivity contribution < 1.29 is 29.0 Å². The Morgan fingerprint density at radius 2 is 1.55 bits per heavy atom. The van der Waals surface area contributed by atoms with Crippen molar-refractivity contribution in [2.75, 3.05) is 6.61 Å². The van der Waals surface area contributed by atoms with Gasteiger partial charge in [-0.25, -0.2) is 14.5 Å². The molecule has 0 aromatic heterocycles. The highest BCUT2D eigenvalue weighted by Crippen LogP contribution is 2.44. The summed E-state index contributed by atoms with van der Waals surface area (Å²) in [7, 11) is 0. The number of carbonyl (C=O) groups excluding carboxylic acids is 3. The maximum atomic E-state index is 12.8. The Morgan fingerprint density at radius 1 is 1.03 bits per heavy atom. The molecule has 1 aliphatic carbocycles. The van der Waals surface area contributed by atoms with E-state index in [9.17, 15) is 24.3 Å². The van der Waals surface area contributed by atoms with Crippen LogP contribution in [0.3, 0.4) is 0 Å². The van der Waals surface area contributed by atoms with Gasteiger partial charge < -0.3 is 9.84 Å². The Balaban J connectivity index is 1.57. The fourth-order valence-corrected chi connectivity index (χ4v) is 4.83. The van der Waals surface area contributed by atoms with Crippen LogP contribution in [0.25, 0.3) is 11.1 Å². The molecule has 2 N–H and O–H groups in total. The van der Waals surface area contributed by atoms with E-state index in [2.05, 4.69) is 5.32 Å². The number of benzene rings is 2. The number of carboxylic acids is 1. The lowest BCUT2D eigenvalue weighted by atomic mass is 9.95. The third kappa shape index (κ3) is 3.97. The molecule has 1 fully saturated rings. The molecule has 0 spiro atoms. The Bertz CT molecular complexity index is 1070. The number of ether oxygens (including phenoxy) is 1. The smallest absolute Gasteiger partial charge is 0.409 e. The topological polar surface area (TPSA) is 113 Å². The van der Waals surface area contributed by atoms with Crippen LogP contribution in [0, 0.1) is 5.92 Å². The molecule has 0 radical (unpaired) electrons. The summed E-state index contributed by atoms with van der Waals surface area (Å²) in [5.74, 6) is -3.16. The second kappa shape index (κ2) is 8.69. The average Bonchev–Trinajstić information content (AvgIpc) is 3.28. The molecule has 1 aliphatic heterocycles. The lowest BCUT2D eigenvalue weighted by Gasteiger charge is -2.38. The Kier molecular flexibility index (Phi) is 5.93. The van der Waals surface area contributed by atoms with Crippen molar-refractivity contribution in [2.45, 2.75) is 44.7 Å². The van der Waals surface area contributed by atoms with Gasteiger partial charge in [0.25, 0.3) is 0 Å². The summed E-state index contributed by atoms with van der Waals surface area (Å²) < 4.78 is 5.49. The third-order valence-electron chi connectivity index (χ3n) is 6.14. The number of hydrogen-bond donors (Lipinski definition) is 2. The zero-order valence-electron chi connectivity index (χ0n) is 18.5. The van der Waals surface area contributed by atoms with Gasteiger partial charge in [0.15, 0.2) is 0 Å². The molecule has 3 amide bonds. The van der Waals surface area contributed by atoms with Crippen molar-refractivity contribution in [3.63, 3.8) is 0 Å². The number of carboxylic acid groups (broad SMARTS) is 1. The molecule has 4 rings (SSSR count). The SMILES string of the molecule is CC(C)C[C@@](NC(=O)OCC1c2ccccc2-c2ccccc21)(C(=O)O)N1C(=O)CCC1=O. The standard InChI is InChI=1S/C25H26N2O6/c1-15(2)13-25(23(30)31,27-21(28)11-12-22(27)29)26-24(32)33-14-20-18-9-5-3-7-16(18)17-8-4-6-10-19(17)20/h3-10,15,20H,11-14H2,1-2H3,(H,26,32)(H,30,31)/t25-/m0/s1. The first-order chi connectivity index (χ1) is 15.7. The van der Waals surface area contributed by atoms with E-state index in [1.807, 2.05) is 48.5 Å². The molecular formula is C25H26N2O6. The number of aliphatic carboxylic acids is 1. The first-order valence-electron chi connectivity index (χ1n) is 11.0. The number of hydrogen-bond acceptors (Lipinski definition) is 5. The number of amides is 3. The lowest BCUT2D eigenvalue weighted by molar-refractivity contribution is -0.166. The van der Waals surface area contributed by atoms with Crippen molar-refractivity contribution in [1.82, 2.24) is 10.2 Å². The van der Waals surface area contributed by atoms with Gasteiger partial charge in [-0.05, 0) is 28.2 Å². The fourth-order valence-electron chi connectivity index (χ4n) is 4.83. The predicted octanol–water partition coefficient (Wildman–Crippen LogP) is 3.50. The first-order valence-corrected chi connectivity index (χ1v) is 11.0. The molecule has 172 valence electrons. The molecule has 1 heterocycles. The largest absolute Gasteiger partial charge is 0.478 e. The molecule has 1 saturated heterocycles. The first kappa shape index (κ1) is 22.5. The molecule has 0 bridgehead atoms. The van der Waals surface area contributed by atoms with Crippen molar-refractivity contribution in [3.05, 3.63) is 59.7 Å². The van der Waals surface area contributed by atoms with Crippen LogP contribution in [-0.2, 0) is 19.1 Å². The Hall–Kier alpha value is -3.68. The van der Waals surface area contributed by atoms with Gasteiger partial charge >= 0.3 is 12.1 Å². The zero-order chi connectivity index (χ0) is 23.8. The fraction of sp³-hybridized carbons (Fsp3) is 0.360. The minimum atomic E-state index is -2.19. The molecule has 2 aromatic carbocycles. The third-order valence-corrected chi connectivity index (χ3v) is 6.14. The highest BCUT2D eigenvalue weighted by molar-refractivity contribution is 6.06. The van der Waals surface area contributed by atoms with Gasteiger partial charge in [-0.1, -0.05) is 62.4 Å². The number of imide groups is 1. The summed E-state index contributed by atoms with van der Waals surface area (Å²) in [5.41, 5.74) is 1.97. The molecule has 0 saturated carbocycles. The maximum Gasteiger partial charge on any atom is 0.409 e. The molecule has 0 unspecified atom stereocenters. The van der Waals surface area contributed by atoms with E-state index < -0.39 is 29.5 Å². The molecular weight excluding hydrogens is 424 g/mol. The van der Waals surface area contributed by atoms with E-state index >= 15 is 0 Å². The van der Waals surface area contributed by atoms with Crippen LogP contribution in [0.2, 0.25) is 0 Å². The average molecular weight is 450 g/mol. The number of rotatable bonds is 7. The van der Waals surface area contributed by atoms with Crippen LogP contribution < -0.4 is 5.32 Å². The van der Waals surface area contributed by atoms with Crippen LogP contribution >= 0.6 is 0 Å². The molecule has 8 heteroatoms. The van der Waals surface area contributed by atoms with Crippen molar-refractivity contribution in [2.24, 2.45) is 5.92 Å². The molecule has 2 aliphatic rings. The van der Waals surface area contributed by atoms with E-state index in [1.54, 1.807) is 13.8 Å². The number of nitrogens with zero attached hydrogens (tertiary/aromatic N) is 1.